The van der Waals surface area contributed by atoms with E-state index in [0.29, 0.717) is 11.3 Å². The molecule has 0 atom stereocenters. The van der Waals surface area contributed by atoms with Crippen molar-refractivity contribution >= 4 is 29.4 Å². The van der Waals surface area contributed by atoms with E-state index < -0.39 is 16.7 Å². The Bertz CT molecular complexity index is 862. The van der Waals surface area contributed by atoms with E-state index in [2.05, 4.69) is 15.8 Å². The molecular weight excluding hydrogens is 340 g/mol. The Morgan fingerprint density at radius 1 is 1.15 bits per heavy atom. The molecule has 0 aliphatic rings. The highest BCUT2D eigenvalue weighted by atomic mass is 16.6. The SMILES string of the molecule is COc1ccc(/C=N\NC(=O)C(=O)Nc2ccc(C)cc2)cc1[N+](=O)[O-]. The molecule has 0 spiro atoms. The quantitative estimate of drug-likeness (QED) is 0.367. The Kier molecular flexibility index (Phi) is 5.99. The standard InChI is InChI=1S/C17H16N4O5/c1-11-3-6-13(7-4-11)19-16(22)17(23)20-18-10-12-5-8-15(26-2)14(9-12)21(24)25/h3-10H,1-2H3,(H,19,22)(H,20,23)/b18-10-. The molecule has 0 aromatic heterocycles. The number of methoxy groups -OCH3 is 1. The third kappa shape index (κ3) is 4.87. The molecule has 2 aromatic rings. The molecular formula is C17H16N4O5. The van der Waals surface area contributed by atoms with Crippen LogP contribution in [0.15, 0.2) is 47.6 Å². The van der Waals surface area contributed by atoms with Crippen molar-refractivity contribution < 1.29 is 19.2 Å². The Labute approximate surface area is 148 Å². The smallest absolute Gasteiger partial charge is 0.329 e. The number of aryl methyl sites for hydroxylation is 1. The van der Waals surface area contributed by atoms with Crippen LogP contribution in [0.3, 0.4) is 0 Å². The number of nitrogens with zero attached hydrogens (tertiary/aromatic N) is 2. The molecule has 0 aliphatic carbocycles. The van der Waals surface area contributed by atoms with Gasteiger partial charge in [0.2, 0.25) is 0 Å². The number of nitrogens with one attached hydrogen (secondary N) is 2. The Morgan fingerprint density at radius 3 is 2.46 bits per heavy atom. The fraction of sp³-hybridized carbons (Fsp3) is 0.118. The zero-order valence-corrected chi connectivity index (χ0v) is 14.1. The lowest BCUT2D eigenvalue weighted by Crippen LogP contribution is -2.32. The number of nitro benzene ring substituents is 1. The summed E-state index contributed by atoms with van der Waals surface area (Å²) in [5, 5.41) is 17.0. The van der Waals surface area contributed by atoms with Gasteiger partial charge in [0.05, 0.1) is 18.2 Å². The van der Waals surface area contributed by atoms with Gasteiger partial charge < -0.3 is 10.1 Å². The van der Waals surface area contributed by atoms with Crippen molar-refractivity contribution in [3.8, 4) is 5.75 Å². The fourth-order valence-electron chi connectivity index (χ4n) is 1.97. The minimum atomic E-state index is -0.968. The van der Waals surface area contributed by atoms with Gasteiger partial charge >= 0.3 is 17.5 Å². The Balaban J connectivity index is 1.97. The second-order valence-electron chi connectivity index (χ2n) is 5.21. The van der Waals surface area contributed by atoms with E-state index in [9.17, 15) is 19.7 Å². The van der Waals surface area contributed by atoms with Crippen molar-refractivity contribution in [3.63, 3.8) is 0 Å². The molecule has 2 aromatic carbocycles. The number of ether oxygens (including phenoxy) is 1. The molecule has 0 bridgehead atoms. The number of nitro groups is 1. The van der Waals surface area contributed by atoms with E-state index in [-0.39, 0.29) is 11.4 Å². The molecule has 0 radical (unpaired) electrons. The van der Waals surface area contributed by atoms with Crippen LogP contribution >= 0.6 is 0 Å². The van der Waals surface area contributed by atoms with Crippen molar-refractivity contribution in [1.29, 1.82) is 0 Å². The van der Waals surface area contributed by atoms with Gasteiger partial charge in [-0.25, -0.2) is 5.43 Å². The van der Waals surface area contributed by atoms with Crippen molar-refractivity contribution in [1.82, 2.24) is 5.43 Å². The number of hydrazone groups is 1. The van der Waals surface area contributed by atoms with E-state index in [1.165, 1.54) is 31.5 Å². The molecule has 0 heterocycles. The van der Waals surface area contributed by atoms with Crippen molar-refractivity contribution in [2.45, 2.75) is 6.92 Å². The van der Waals surface area contributed by atoms with Crippen LogP contribution in [0.5, 0.6) is 5.75 Å². The van der Waals surface area contributed by atoms with Crippen molar-refractivity contribution in [2.75, 3.05) is 12.4 Å². The first kappa shape index (κ1) is 18.6. The van der Waals surface area contributed by atoms with Crippen molar-refractivity contribution in [3.05, 3.63) is 63.7 Å². The van der Waals surface area contributed by atoms with E-state index in [4.69, 9.17) is 4.74 Å². The molecule has 2 rings (SSSR count). The number of carbonyl (C=O) groups is 2. The summed E-state index contributed by atoms with van der Waals surface area (Å²) >= 11 is 0. The highest BCUT2D eigenvalue weighted by Crippen LogP contribution is 2.26. The predicted octanol–water partition coefficient (Wildman–Crippen LogP) is 2.00. The lowest BCUT2D eigenvalue weighted by molar-refractivity contribution is -0.385. The van der Waals surface area contributed by atoms with Gasteiger partial charge in [-0.1, -0.05) is 17.7 Å². The van der Waals surface area contributed by atoms with Crippen LogP contribution in [0.2, 0.25) is 0 Å². The number of carbonyl (C=O) groups excluding carboxylic acids is 2. The molecule has 9 nitrogen and oxygen atoms in total. The average molecular weight is 356 g/mol. The largest absolute Gasteiger partial charge is 0.490 e. The molecule has 2 amide bonds. The first-order valence-electron chi connectivity index (χ1n) is 7.44. The number of rotatable bonds is 5. The fourth-order valence-corrected chi connectivity index (χ4v) is 1.97. The van der Waals surface area contributed by atoms with Crippen LogP contribution in [-0.4, -0.2) is 30.1 Å². The van der Waals surface area contributed by atoms with Gasteiger partial charge in [0.25, 0.3) is 0 Å². The number of benzene rings is 2. The molecule has 0 saturated carbocycles. The summed E-state index contributed by atoms with van der Waals surface area (Å²) in [5.74, 6) is -1.75. The summed E-state index contributed by atoms with van der Waals surface area (Å²) in [4.78, 5) is 33.8. The average Bonchev–Trinajstić information content (AvgIpc) is 2.63. The molecule has 26 heavy (non-hydrogen) atoms. The third-order valence-corrected chi connectivity index (χ3v) is 3.29. The predicted molar refractivity (Wildman–Crippen MR) is 95.2 cm³/mol. The van der Waals surface area contributed by atoms with E-state index in [1.807, 2.05) is 6.92 Å². The number of hydrogen-bond donors (Lipinski definition) is 2. The maximum atomic E-state index is 11.8. The highest BCUT2D eigenvalue weighted by Gasteiger charge is 2.15. The van der Waals surface area contributed by atoms with E-state index in [1.54, 1.807) is 24.3 Å². The monoisotopic (exact) mass is 356 g/mol. The van der Waals surface area contributed by atoms with E-state index in [0.717, 1.165) is 5.56 Å². The molecule has 0 unspecified atom stereocenters. The van der Waals surface area contributed by atoms with Gasteiger partial charge in [0.15, 0.2) is 5.75 Å². The molecule has 2 N–H and O–H groups in total. The summed E-state index contributed by atoms with van der Waals surface area (Å²) in [6, 6.07) is 11.1. The van der Waals surface area contributed by atoms with Gasteiger partial charge in [-0.05, 0) is 31.2 Å². The second kappa shape index (κ2) is 8.38. The summed E-state index contributed by atoms with van der Waals surface area (Å²) in [6.07, 6.45) is 1.18. The highest BCUT2D eigenvalue weighted by molar-refractivity contribution is 6.39. The molecule has 0 saturated heterocycles. The second-order valence-corrected chi connectivity index (χ2v) is 5.21. The Hall–Kier alpha value is -3.75. The normalized spacial score (nSPS) is 10.4. The number of amides is 2. The topological polar surface area (TPSA) is 123 Å². The van der Waals surface area contributed by atoms with Crippen LogP contribution in [-0.2, 0) is 9.59 Å². The minimum absolute atomic E-state index is 0.105. The lowest BCUT2D eigenvalue weighted by atomic mass is 10.2. The molecule has 0 aliphatic heterocycles. The Morgan fingerprint density at radius 2 is 1.85 bits per heavy atom. The molecule has 9 heteroatoms. The third-order valence-electron chi connectivity index (χ3n) is 3.29. The van der Waals surface area contributed by atoms with Crippen LogP contribution in [0.1, 0.15) is 11.1 Å². The molecule has 0 fully saturated rings. The summed E-state index contributed by atoms with van der Waals surface area (Å²) in [7, 11) is 1.32. The summed E-state index contributed by atoms with van der Waals surface area (Å²) < 4.78 is 4.89. The number of anilines is 1. The summed E-state index contributed by atoms with van der Waals surface area (Å²) in [5.41, 5.74) is 3.68. The first-order chi connectivity index (χ1) is 12.4. The number of hydrogen-bond acceptors (Lipinski definition) is 6. The molecule has 134 valence electrons. The van der Waals surface area contributed by atoms with Gasteiger partial charge in [0, 0.05) is 17.3 Å². The summed E-state index contributed by atoms with van der Waals surface area (Å²) in [6.45, 7) is 1.90. The van der Waals surface area contributed by atoms with Crippen molar-refractivity contribution in [2.24, 2.45) is 5.10 Å². The zero-order chi connectivity index (χ0) is 19.1. The maximum absolute atomic E-state index is 11.8. The van der Waals surface area contributed by atoms with Gasteiger partial charge in [-0.15, -0.1) is 0 Å². The van der Waals surface area contributed by atoms with Crippen LogP contribution in [0, 0.1) is 17.0 Å². The van der Waals surface area contributed by atoms with Crippen LogP contribution in [0.4, 0.5) is 11.4 Å². The van der Waals surface area contributed by atoms with E-state index >= 15 is 0 Å². The first-order valence-corrected chi connectivity index (χ1v) is 7.44. The van der Waals surface area contributed by atoms with Crippen LogP contribution in [0.25, 0.3) is 0 Å². The minimum Gasteiger partial charge on any atom is -0.490 e. The van der Waals surface area contributed by atoms with Gasteiger partial charge in [0.1, 0.15) is 0 Å². The van der Waals surface area contributed by atoms with Gasteiger partial charge in [-0.3, -0.25) is 19.7 Å². The lowest BCUT2D eigenvalue weighted by Gasteiger charge is -2.04. The van der Waals surface area contributed by atoms with Gasteiger partial charge in [-0.2, -0.15) is 5.10 Å². The van der Waals surface area contributed by atoms with Crippen LogP contribution < -0.4 is 15.5 Å². The maximum Gasteiger partial charge on any atom is 0.329 e. The zero-order valence-electron chi connectivity index (χ0n) is 14.1.